The van der Waals surface area contributed by atoms with Gasteiger partial charge in [0.05, 0.1) is 7.11 Å². The van der Waals surface area contributed by atoms with Gasteiger partial charge < -0.3 is 10.8 Å². The third-order valence-electron chi connectivity index (χ3n) is 1.58. The third kappa shape index (κ3) is 3.84. The average molecular weight is 222 g/mol. The molecule has 2 amide bonds. The molecule has 14 heavy (non-hydrogen) atoms. The van der Waals surface area contributed by atoms with Crippen LogP contribution in [0.1, 0.15) is 6.42 Å². The zero-order valence-electron chi connectivity index (χ0n) is 8.10. The first kappa shape index (κ1) is 13.1. The topological polar surface area (TPSA) is 92.9 Å². The number of carboxylic acids is 1. The summed E-state index contributed by atoms with van der Waals surface area (Å²) in [6.45, 7) is 0. The van der Waals surface area contributed by atoms with Crippen LogP contribution in [-0.4, -0.2) is 47.3 Å². The number of carbonyl (C=O) groups is 2. The van der Waals surface area contributed by atoms with Crippen LogP contribution in [-0.2, 0) is 9.63 Å². The first-order valence-corrected chi connectivity index (χ1v) is 5.28. The minimum atomic E-state index is -1.13. The first-order chi connectivity index (χ1) is 6.54. The quantitative estimate of drug-likeness (QED) is 0.623. The Morgan fingerprint density at radius 1 is 1.64 bits per heavy atom. The number of nitrogens with two attached hydrogens (primary N) is 1. The highest BCUT2D eigenvalue weighted by molar-refractivity contribution is 7.98. The van der Waals surface area contributed by atoms with Crippen LogP contribution in [0.15, 0.2) is 0 Å². The number of nitrogens with zero attached hydrogens (tertiary/aromatic N) is 1. The molecule has 0 aromatic rings. The van der Waals surface area contributed by atoms with E-state index < -0.39 is 18.0 Å². The van der Waals surface area contributed by atoms with Crippen molar-refractivity contribution in [1.29, 1.82) is 0 Å². The van der Waals surface area contributed by atoms with Gasteiger partial charge in [0, 0.05) is 0 Å². The van der Waals surface area contributed by atoms with E-state index in [1.54, 1.807) is 0 Å². The number of carboxylic acid groups (broad SMARTS) is 1. The lowest BCUT2D eigenvalue weighted by molar-refractivity contribution is -0.163. The molecule has 0 heterocycles. The zero-order chi connectivity index (χ0) is 11.1. The van der Waals surface area contributed by atoms with E-state index in [0.29, 0.717) is 17.2 Å². The van der Waals surface area contributed by atoms with Gasteiger partial charge in [0.2, 0.25) is 0 Å². The summed E-state index contributed by atoms with van der Waals surface area (Å²) in [4.78, 5) is 26.2. The molecule has 82 valence electrons. The van der Waals surface area contributed by atoms with E-state index in [2.05, 4.69) is 4.84 Å². The van der Waals surface area contributed by atoms with Gasteiger partial charge in [-0.05, 0) is 18.4 Å². The minimum absolute atomic E-state index is 0.299. The van der Waals surface area contributed by atoms with Gasteiger partial charge in [-0.2, -0.15) is 16.8 Å². The Kier molecular flexibility index (Phi) is 6.06. The number of hydrogen-bond acceptors (Lipinski definition) is 4. The summed E-state index contributed by atoms with van der Waals surface area (Å²) in [7, 11) is 1.21. The van der Waals surface area contributed by atoms with Crippen molar-refractivity contribution >= 4 is 23.8 Å². The van der Waals surface area contributed by atoms with Crippen LogP contribution in [0.4, 0.5) is 4.79 Å². The summed E-state index contributed by atoms with van der Waals surface area (Å²) in [6.07, 6.45) is 2.15. The predicted molar refractivity (Wildman–Crippen MR) is 52.9 cm³/mol. The van der Waals surface area contributed by atoms with Crippen molar-refractivity contribution in [1.82, 2.24) is 5.06 Å². The SMILES string of the molecule is CON(C(N)=O)C(CCSC)C(=O)O. The Bertz CT molecular complexity index is 212. The third-order valence-corrected chi connectivity index (χ3v) is 2.22. The van der Waals surface area contributed by atoms with E-state index >= 15 is 0 Å². The molecule has 0 saturated carbocycles. The molecule has 0 aliphatic rings. The summed E-state index contributed by atoms with van der Waals surface area (Å²) in [5.74, 6) is -0.510. The molecular weight excluding hydrogens is 208 g/mol. The highest BCUT2D eigenvalue weighted by Crippen LogP contribution is 2.08. The highest BCUT2D eigenvalue weighted by atomic mass is 32.2. The Hall–Kier alpha value is -0.950. The summed E-state index contributed by atoms with van der Waals surface area (Å²) < 4.78 is 0. The van der Waals surface area contributed by atoms with E-state index in [1.165, 1.54) is 18.9 Å². The summed E-state index contributed by atoms with van der Waals surface area (Å²) in [5.41, 5.74) is 4.95. The highest BCUT2D eigenvalue weighted by Gasteiger charge is 2.28. The monoisotopic (exact) mass is 222 g/mol. The van der Waals surface area contributed by atoms with Crippen LogP contribution in [0.3, 0.4) is 0 Å². The number of aliphatic carboxylic acids is 1. The molecule has 1 unspecified atom stereocenters. The molecule has 0 spiro atoms. The van der Waals surface area contributed by atoms with Crippen LogP contribution >= 0.6 is 11.8 Å². The predicted octanol–water partition coefficient (Wildman–Crippen LogP) is 0.135. The Morgan fingerprint density at radius 3 is 2.50 bits per heavy atom. The second-order valence-corrected chi connectivity index (χ2v) is 3.47. The van der Waals surface area contributed by atoms with E-state index in [4.69, 9.17) is 10.8 Å². The fourth-order valence-corrected chi connectivity index (χ4v) is 1.40. The smallest absolute Gasteiger partial charge is 0.339 e. The second kappa shape index (κ2) is 6.50. The number of hydroxylamine groups is 2. The molecule has 6 nitrogen and oxygen atoms in total. The Balaban J connectivity index is 4.44. The maximum Gasteiger partial charge on any atom is 0.339 e. The van der Waals surface area contributed by atoms with Crippen LogP contribution in [0.5, 0.6) is 0 Å². The summed E-state index contributed by atoms with van der Waals surface area (Å²) >= 11 is 1.49. The van der Waals surface area contributed by atoms with Crippen LogP contribution in [0, 0.1) is 0 Å². The van der Waals surface area contributed by atoms with Crippen molar-refractivity contribution in [3.05, 3.63) is 0 Å². The van der Waals surface area contributed by atoms with Gasteiger partial charge >= 0.3 is 12.0 Å². The largest absolute Gasteiger partial charge is 0.480 e. The lowest BCUT2D eigenvalue weighted by Gasteiger charge is -2.23. The molecule has 7 heteroatoms. The van der Waals surface area contributed by atoms with Gasteiger partial charge in [0.25, 0.3) is 0 Å². The molecule has 0 rings (SSSR count). The van der Waals surface area contributed by atoms with Gasteiger partial charge in [-0.1, -0.05) is 0 Å². The number of hydrogen-bond donors (Lipinski definition) is 2. The molecule has 0 fully saturated rings. The Labute approximate surface area is 86.3 Å². The lowest BCUT2D eigenvalue weighted by Crippen LogP contribution is -2.47. The number of rotatable bonds is 6. The maximum absolute atomic E-state index is 10.8. The fraction of sp³-hybridized carbons (Fsp3) is 0.714. The van der Waals surface area contributed by atoms with Crippen molar-refractivity contribution < 1.29 is 19.5 Å². The van der Waals surface area contributed by atoms with E-state index in [0.717, 1.165) is 0 Å². The van der Waals surface area contributed by atoms with Crippen LogP contribution in [0.2, 0.25) is 0 Å². The van der Waals surface area contributed by atoms with E-state index in [9.17, 15) is 9.59 Å². The molecule has 3 N–H and O–H groups in total. The van der Waals surface area contributed by atoms with Crippen molar-refractivity contribution in [3.63, 3.8) is 0 Å². The molecule has 0 aliphatic heterocycles. The lowest BCUT2D eigenvalue weighted by atomic mass is 10.2. The molecule has 1 atom stereocenters. The van der Waals surface area contributed by atoms with Crippen LogP contribution < -0.4 is 5.73 Å². The van der Waals surface area contributed by atoms with Crippen molar-refractivity contribution in [3.8, 4) is 0 Å². The number of urea groups is 1. The molecule has 0 aromatic heterocycles. The molecular formula is C7H14N2O4S. The molecule has 0 saturated heterocycles. The van der Waals surface area contributed by atoms with Crippen molar-refractivity contribution in [2.75, 3.05) is 19.1 Å². The van der Waals surface area contributed by atoms with Gasteiger partial charge in [-0.3, -0.25) is 4.84 Å². The van der Waals surface area contributed by atoms with Crippen molar-refractivity contribution in [2.45, 2.75) is 12.5 Å². The standard InChI is InChI=1S/C7H14N2O4S/c1-13-9(7(8)12)5(6(10)11)3-4-14-2/h5H,3-4H2,1-2H3,(H2,8,12)(H,10,11). The number of primary amides is 1. The second-order valence-electron chi connectivity index (χ2n) is 2.48. The Morgan fingerprint density at radius 2 is 2.21 bits per heavy atom. The van der Waals surface area contributed by atoms with Gasteiger partial charge in [-0.15, -0.1) is 0 Å². The summed E-state index contributed by atoms with van der Waals surface area (Å²) in [6, 6.07) is -1.93. The molecule has 0 radical (unpaired) electrons. The minimum Gasteiger partial charge on any atom is -0.480 e. The summed E-state index contributed by atoms with van der Waals surface area (Å²) in [5, 5.41) is 9.48. The van der Waals surface area contributed by atoms with Crippen LogP contribution in [0.25, 0.3) is 0 Å². The number of amides is 2. The first-order valence-electron chi connectivity index (χ1n) is 3.89. The molecule has 0 bridgehead atoms. The normalized spacial score (nSPS) is 12.1. The average Bonchev–Trinajstić information content (AvgIpc) is 2.10. The molecule has 0 aliphatic carbocycles. The van der Waals surface area contributed by atoms with Gasteiger partial charge in [-0.25, -0.2) is 9.59 Å². The van der Waals surface area contributed by atoms with Gasteiger partial charge in [0.15, 0.2) is 6.04 Å². The molecule has 0 aromatic carbocycles. The van der Waals surface area contributed by atoms with Gasteiger partial charge in [0.1, 0.15) is 0 Å². The van der Waals surface area contributed by atoms with E-state index in [-0.39, 0.29) is 0 Å². The number of thioether (sulfide) groups is 1. The maximum atomic E-state index is 10.8. The fourth-order valence-electron chi connectivity index (χ4n) is 0.941. The zero-order valence-corrected chi connectivity index (χ0v) is 8.91. The van der Waals surface area contributed by atoms with E-state index in [1.807, 2.05) is 6.26 Å². The van der Waals surface area contributed by atoms with Crippen molar-refractivity contribution in [2.24, 2.45) is 5.73 Å². The number of carbonyl (C=O) groups excluding carboxylic acids is 1.